The Morgan fingerprint density at radius 1 is 1.03 bits per heavy atom. The fourth-order valence-corrected chi connectivity index (χ4v) is 4.85. The molecule has 11 heteroatoms. The van der Waals surface area contributed by atoms with Crippen LogP contribution in [-0.4, -0.2) is 51.1 Å². The molecule has 0 saturated carbocycles. The second kappa shape index (κ2) is 12.4. The van der Waals surface area contributed by atoms with Gasteiger partial charge in [0.15, 0.2) is 0 Å². The Hall–Kier alpha value is -3.80. The van der Waals surface area contributed by atoms with Crippen molar-refractivity contribution in [3.8, 4) is 5.75 Å². The average Bonchev–Trinajstić information content (AvgIpc) is 2.88. The number of hydrogen-bond acceptors (Lipinski definition) is 6. The van der Waals surface area contributed by atoms with Gasteiger partial charge in [0.25, 0.3) is 5.91 Å². The maximum Gasteiger partial charge on any atom is 0.251 e. The lowest BCUT2D eigenvalue weighted by Gasteiger charge is -2.20. The summed E-state index contributed by atoms with van der Waals surface area (Å²) in [6.07, 6.45) is 0.173. The van der Waals surface area contributed by atoms with E-state index in [1.165, 1.54) is 44.4 Å². The van der Waals surface area contributed by atoms with Crippen molar-refractivity contribution < 1.29 is 32.2 Å². The molecule has 0 unspecified atom stereocenters. The fourth-order valence-electron chi connectivity index (χ4n) is 3.46. The van der Waals surface area contributed by atoms with Crippen molar-refractivity contribution in [2.45, 2.75) is 30.3 Å². The van der Waals surface area contributed by atoms with Gasteiger partial charge in [0.05, 0.1) is 13.7 Å². The third-order valence-corrected chi connectivity index (χ3v) is 6.99. The highest BCUT2D eigenvalue weighted by atomic mass is 32.2. The van der Waals surface area contributed by atoms with Crippen LogP contribution in [0, 0.1) is 5.82 Å². The van der Waals surface area contributed by atoms with Crippen LogP contribution in [-0.2, 0) is 21.2 Å². The molecule has 3 aromatic carbocycles. The molecule has 2 atom stereocenters. The number of nitrogens with one attached hydrogen (secondary N) is 3. The van der Waals surface area contributed by atoms with E-state index in [4.69, 9.17) is 9.84 Å². The molecule has 2 amide bonds. The zero-order valence-electron chi connectivity index (χ0n) is 20.3. The number of halogens is 1. The van der Waals surface area contributed by atoms with Gasteiger partial charge in [-0.25, -0.2) is 17.5 Å². The van der Waals surface area contributed by atoms with E-state index in [0.29, 0.717) is 0 Å². The van der Waals surface area contributed by atoms with Crippen LogP contribution >= 0.6 is 0 Å². The summed E-state index contributed by atoms with van der Waals surface area (Å²) in [6.45, 7) is 1.12. The molecule has 0 heterocycles. The molecule has 0 bridgehead atoms. The van der Waals surface area contributed by atoms with Crippen LogP contribution in [0.3, 0.4) is 0 Å². The molecule has 0 radical (unpaired) electrons. The van der Waals surface area contributed by atoms with E-state index in [2.05, 4.69) is 15.4 Å². The SMILES string of the molecule is COc1cc(NC(=O)[C@H](Cc2ccccc2)NC(=O)c2ccc(F)cc2)ccc1S(=O)(=O)N[C@@H](C)CO. The minimum absolute atomic E-state index is 0.0228. The molecule has 0 aliphatic rings. The van der Waals surface area contributed by atoms with E-state index in [1.807, 2.05) is 30.3 Å². The Balaban J connectivity index is 1.83. The molecule has 0 fully saturated rings. The third kappa shape index (κ3) is 7.59. The number of carbonyl (C=O) groups is 2. The molecule has 0 spiro atoms. The highest BCUT2D eigenvalue weighted by Crippen LogP contribution is 2.27. The molecule has 37 heavy (non-hydrogen) atoms. The minimum atomic E-state index is -4.00. The van der Waals surface area contributed by atoms with Gasteiger partial charge in [-0.05, 0) is 48.9 Å². The normalized spacial score (nSPS) is 12.9. The van der Waals surface area contributed by atoms with Crippen LogP contribution in [0.4, 0.5) is 10.1 Å². The lowest BCUT2D eigenvalue weighted by Crippen LogP contribution is -2.45. The Labute approximate surface area is 214 Å². The van der Waals surface area contributed by atoms with Gasteiger partial charge in [-0.2, -0.15) is 0 Å². The first-order valence-corrected chi connectivity index (χ1v) is 12.8. The Morgan fingerprint density at radius 3 is 2.32 bits per heavy atom. The molecule has 0 aliphatic carbocycles. The largest absolute Gasteiger partial charge is 0.495 e. The maximum atomic E-state index is 13.3. The van der Waals surface area contributed by atoms with Gasteiger partial charge in [0.2, 0.25) is 15.9 Å². The van der Waals surface area contributed by atoms with E-state index < -0.39 is 39.7 Å². The van der Waals surface area contributed by atoms with Crippen molar-refractivity contribution in [3.63, 3.8) is 0 Å². The molecular formula is C26H28FN3O6S. The summed E-state index contributed by atoms with van der Waals surface area (Å²) in [7, 11) is -2.71. The number of amides is 2. The Morgan fingerprint density at radius 2 is 1.70 bits per heavy atom. The summed E-state index contributed by atoms with van der Waals surface area (Å²) >= 11 is 0. The monoisotopic (exact) mass is 529 g/mol. The zero-order valence-corrected chi connectivity index (χ0v) is 21.1. The number of hydrogen-bond donors (Lipinski definition) is 4. The first kappa shape index (κ1) is 27.8. The summed E-state index contributed by atoms with van der Waals surface area (Å²) in [6, 6.07) is 16.3. The summed E-state index contributed by atoms with van der Waals surface area (Å²) in [5.41, 5.74) is 1.23. The highest BCUT2D eigenvalue weighted by Gasteiger charge is 2.25. The molecule has 0 saturated heterocycles. The van der Waals surface area contributed by atoms with Crippen LogP contribution in [0.5, 0.6) is 5.75 Å². The van der Waals surface area contributed by atoms with Gasteiger partial charge in [0.1, 0.15) is 22.5 Å². The van der Waals surface area contributed by atoms with Crippen molar-refractivity contribution in [2.75, 3.05) is 19.0 Å². The number of methoxy groups -OCH3 is 1. The standard InChI is InChI=1S/C26H28FN3O6S/c1-17(16-31)30-37(34,35)24-13-12-21(15-23(24)36-2)28-26(33)22(14-18-6-4-3-5-7-18)29-25(32)19-8-10-20(27)11-9-19/h3-13,15,17,22,30-31H,14,16H2,1-2H3,(H,28,33)(H,29,32)/t17-,22-/m0/s1. The van der Waals surface area contributed by atoms with Gasteiger partial charge >= 0.3 is 0 Å². The van der Waals surface area contributed by atoms with Crippen molar-refractivity contribution in [1.82, 2.24) is 10.0 Å². The lowest BCUT2D eigenvalue weighted by molar-refractivity contribution is -0.118. The van der Waals surface area contributed by atoms with Crippen LogP contribution in [0.15, 0.2) is 77.7 Å². The molecular weight excluding hydrogens is 501 g/mol. The molecule has 9 nitrogen and oxygen atoms in total. The van der Waals surface area contributed by atoms with E-state index >= 15 is 0 Å². The van der Waals surface area contributed by atoms with Crippen LogP contribution in [0.1, 0.15) is 22.8 Å². The quantitative estimate of drug-likeness (QED) is 0.302. The lowest BCUT2D eigenvalue weighted by atomic mass is 10.0. The number of sulfonamides is 1. The molecule has 0 aromatic heterocycles. The second-order valence-corrected chi connectivity index (χ2v) is 9.96. The highest BCUT2D eigenvalue weighted by molar-refractivity contribution is 7.89. The number of anilines is 1. The topological polar surface area (TPSA) is 134 Å². The van der Waals surface area contributed by atoms with Crippen molar-refractivity contribution in [1.29, 1.82) is 0 Å². The minimum Gasteiger partial charge on any atom is -0.495 e. The van der Waals surface area contributed by atoms with Crippen LogP contribution in [0.2, 0.25) is 0 Å². The van der Waals surface area contributed by atoms with E-state index in [-0.39, 0.29) is 34.9 Å². The predicted octanol–water partition coefficient (Wildman–Crippen LogP) is 2.47. The number of rotatable bonds is 11. The van der Waals surface area contributed by atoms with E-state index in [9.17, 15) is 22.4 Å². The van der Waals surface area contributed by atoms with Crippen molar-refractivity contribution in [3.05, 3.63) is 89.7 Å². The number of benzene rings is 3. The molecule has 196 valence electrons. The van der Waals surface area contributed by atoms with E-state index in [0.717, 1.165) is 17.7 Å². The number of carbonyl (C=O) groups excluding carboxylic acids is 2. The Kier molecular flexibility index (Phi) is 9.34. The van der Waals surface area contributed by atoms with Crippen molar-refractivity contribution >= 4 is 27.5 Å². The van der Waals surface area contributed by atoms with Gasteiger partial charge < -0.3 is 20.5 Å². The summed E-state index contributed by atoms with van der Waals surface area (Å²) < 4.78 is 46.1. The summed E-state index contributed by atoms with van der Waals surface area (Å²) in [5.74, 6) is -1.62. The fraction of sp³-hybridized carbons (Fsp3) is 0.231. The van der Waals surface area contributed by atoms with E-state index in [1.54, 1.807) is 0 Å². The summed E-state index contributed by atoms with van der Waals surface area (Å²) in [5, 5.41) is 14.5. The first-order valence-electron chi connectivity index (χ1n) is 11.4. The Bertz CT molecular complexity index is 1330. The summed E-state index contributed by atoms with van der Waals surface area (Å²) in [4.78, 5) is 25.8. The average molecular weight is 530 g/mol. The number of aliphatic hydroxyl groups excluding tert-OH is 1. The number of ether oxygens (including phenoxy) is 1. The second-order valence-electron chi connectivity index (χ2n) is 8.28. The van der Waals surface area contributed by atoms with Gasteiger partial charge in [-0.3, -0.25) is 9.59 Å². The predicted molar refractivity (Wildman–Crippen MR) is 136 cm³/mol. The van der Waals surface area contributed by atoms with Crippen molar-refractivity contribution in [2.24, 2.45) is 0 Å². The van der Waals surface area contributed by atoms with Gasteiger partial charge in [-0.1, -0.05) is 30.3 Å². The first-order chi connectivity index (χ1) is 17.6. The smallest absolute Gasteiger partial charge is 0.251 e. The van der Waals surface area contributed by atoms with Gasteiger partial charge in [-0.15, -0.1) is 0 Å². The molecule has 4 N–H and O–H groups in total. The maximum absolute atomic E-state index is 13.3. The molecule has 3 aromatic rings. The molecule has 3 rings (SSSR count). The number of aliphatic hydroxyl groups is 1. The molecule has 0 aliphatic heterocycles. The third-order valence-electron chi connectivity index (χ3n) is 5.36. The van der Waals surface area contributed by atoms with Crippen LogP contribution in [0.25, 0.3) is 0 Å². The van der Waals surface area contributed by atoms with Crippen LogP contribution < -0.4 is 20.1 Å². The zero-order chi connectivity index (χ0) is 27.0. The van der Waals surface area contributed by atoms with Gasteiger partial charge in [0, 0.05) is 29.8 Å².